The van der Waals surface area contributed by atoms with Crippen molar-refractivity contribution in [1.29, 1.82) is 0 Å². The monoisotopic (exact) mass is 386 g/mol. The third kappa shape index (κ3) is 4.36. The third-order valence-corrected chi connectivity index (χ3v) is 6.69. The summed E-state index contributed by atoms with van der Waals surface area (Å²) in [5.74, 6) is -0.184. The third-order valence-electron chi connectivity index (χ3n) is 4.52. The number of carbonyl (C=O) groups excluding carboxylic acids is 2. The Hall–Kier alpha value is -2.67. The largest absolute Gasteiger partial charge is 0.326 e. The van der Waals surface area contributed by atoms with Crippen LogP contribution in [0.2, 0.25) is 0 Å². The van der Waals surface area contributed by atoms with Crippen molar-refractivity contribution in [3.05, 3.63) is 53.6 Å². The molecule has 2 aromatic rings. The molecular formula is C20H22N2O4S. The van der Waals surface area contributed by atoms with Crippen LogP contribution < -0.4 is 10.6 Å². The molecule has 2 aromatic carbocycles. The molecule has 0 aliphatic carbocycles. The average Bonchev–Trinajstić information content (AvgIpc) is 2.62. The fourth-order valence-corrected chi connectivity index (χ4v) is 3.98. The molecule has 0 radical (unpaired) electrons. The van der Waals surface area contributed by atoms with Crippen LogP contribution in [0.4, 0.5) is 11.4 Å². The minimum absolute atomic E-state index is 0.00205. The SMILES string of the molecule is CC(C)S(=O)(=O)c1ccc(CC(=O)Nc2ccc3c(c2)CCC(=O)N3)cc1. The van der Waals surface area contributed by atoms with Gasteiger partial charge in [-0.1, -0.05) is 12.1 Å². The van der Waals surface area contributed by atoms with Crippen LogP contribution in [-0.2, 0) is 32.3 Å². The van der Waals surface area contributed by atoms with Crippen molar-refractivity contribution in [3.8, 4) is 0 Å². The zero-order chi connectivity index (χ0) is 19.6. The van der Waals surface area contributed by atoms with Crippen molar-refractivity contribution in [2.24, 2.45) is 0 Å². The molecule has 2 amide bonds. The summed E-state index contributed by atoms with van der Waals surface area (Å²) in [6.07, 6.45) is 1.24. The fraction of sp³-hybridized carbons (Fsp3) is 0.300. The van der Waals surface area contributed by atoms with E-state index in [2.05, 4.69) is 10.6 Å². The molecular weight excluding hydrogens is 364 g/mol. The quantitative estimate of drug-likeness (QED) is 0.826. The zero-order valence-electron chi connectivity index (χ0n) is 15.3. The van der Waals surface area contributed by atoms with Gasteiger partial charge in [0.1, 0.15) is 0 Å². The van der Waals surface area contributed by atoms with Gasteiger partial charge in [-0.25, -0.2) is 8.42 Å². The first-order valence-electron chi connectivity index (χ1n) is 8.81. The van der Waals surface area contributed by atoms with E-state index in [1.54, 1.807) is 50.2 Å². The predicted octanol–water partition coefficient (Wildman–Crippen LogP) is 2.93. The highest BCUT2D eigenvalue weighted by atomic mass is 32.2. The summed E-state index contributed by atoms with van der Waals surface area (Å²) in [7, 11) is -3.31. The van der Waals surface area contributed by atoms with Gasteiger partial charge in [-0.2, -0.15) is 0 Å². The Labute approximate surface area is 158 Å². The lowest BCUT2D eigenvalue weighted by Gasteiger charge is -2.17. The van der Waals surface area contributed by atoms with Crippen molar-refractivity contribution in [1.82, 2.24) is 0 Å². The van der Waals surface area contributed by atoms with Gasteiger partial charge >= 0.3 is 0 Å². The molecule has 0 saturated heterocycles. The second-order valence-corrected chi connectivity index (χ2v) is 9.39. The molecule has 2 N–H and O–H groups in total. The molecule has 1 heterocycles. The predicted molar refractivity (Wildman–Crippen MR) is 104 cm³/mol. The van der Waals surface area contributed by atoms with Crippen LogP contribution in [0.15, 0.2) is 47.4 Å². The normalized spacial score (nSPS) is 13.8. The van der Waals surface area contributed by atoms with Crippen LogP contribution >= 0.6 is 0 Å². The lowest BCUT2D eigenvalue weighted by Crippen LogP contribution is -2.20. The van der Waals surface area contributed by atoms with E-state index in [0.29, 0.717) is 18.5 Å². The molecule has 142 valence electrons. The van der Waals surface area contributed by atoms with E-state index in [4.69, 9.17) is 0 Å². The molecule has 0 spiro atoms. The van der Waals surface area contributed by atoms with E-state index in [1.165, 1.54) is 0 Å². The van der Waals surface area contributed by atoms with Gasteiger partial charge in [0.2, 0.25) is 11.8 Å². The van der Waals surface area contributed by atoms with Crippen LogP contribution in [0.25, 0.3) is 0 Å². The summed E-state index contributed by atoms with van der Waals surface area (Å²) in [4.78, 5) is 24.0. The van der Waals surface area contributed by atoms with Crippen molar-refractivity contribution < 1.29 is 18.0 Å². The number of fused-ring (bicyclic) bond motifs is 1. The minimum atomic E-state index is -3.31. The van der Waals surface area contributed by atoms with Crippen LogP contribution in [0.3, 0.4) is 0 Å². The summed E-state index contributed by atoms with van der Waals surface area (Å²) < 4.78 is 24.3. The van der Waals surface area contributed by atoms with Gasteiger partial charge in [0.25, 0.3) is 0 Å². The first kappa shape index (κ1) is 19.1. The smallest absolute Gasteiger partial charge is 0.228 e. The first-order chi connectivity index (χ1) is 12.8. The highest BCUT2D eigenvalue weighted by molar-refractivity contribution is 7.92. The minimum Gasteiger partial charge on any atom is -0.326 e. The molecule has 1 aliphatic heterocycles. The second kappa shape index (κ2) is 7.52. The van der Waals surface area contributed by atoms with Crippen LogP contribution in [0.1, 0.15) is 31.4 Å². The summed E-state index contributed by atoms with van der Waals surface area (Å²) in [5.41, 5.74) is 3.19. The number of hydrogen-bond donors (Lipinski definition) is 2. The standard InChI is InChI=1S/C20H22N2O4S/c1-13(2)27(25,26)17-7-3-14(4-8-17)11-20(24)21-16-6-9-18-15(12-16)5-10-19(23)22-18/h3-4,6-9,12-13H,5,10-11H2,1-2H3,(H,21,24)(H,22,23). The van der Waals surface area contributed by atoms with Gasteiger partial charge in [0.15, 0.2) is 9.84 Å². The first-order valence-corrected chi connectivity index (χ1v) is 10.4. The van der Waals surface area contributed by atoms with Crippen LogP contribution in [0, 0.1) is 0 Å². The summed E-state index contributed by atoms with van der Waals surface area (Å²) >= 11 is 0. The maximum atomic E-state index is 12.3. The number of aryl methyl sites for hydroxylation is 1. The molecule has 0 atom stereocenters. The van der Waals surface area contributed by atoms with Gasteiger partial charge in [-0.3, -0.25) is 9.59 Å². The molecule has 0 aromatic heterocycles. The number of nitrogens with one attached hydrogen (secondary N) is 2. The van der Waals surface area contributed by atoms with Gasteiger partial charge < -0.3 is 10.6 Å². The number of hydrogen-bond acceptors (Lipinski definition) is 4. The molecule has 0 saturated carbocycles. The Morgan fingerprint density at radius 3 is 2.48 bits per heavy atom. The summed E-state index contributed by atoms with van der Waals surface area (Å²) in [6, 6.07) is 11.8. The molecule has 0 unspecified atom stereocenters. The highest BCUT2D eigenvalue weighted by Gasteiger charge is 2.19. The number of sulfone groups is 1. The van der Waals surface area contributed by atoms with E-state index in [-0.39, 0.29) is 23.1 Å². The number of rotatable bonds is 5. The number of amides is 2. The van der Waals surface area contributed by atoms with E-state index >= 15 is 0 Å². The molecule has 1 aliphatic rings. The Kier molecular flexibility index (Phi) is 5.32. The zero-order valence-corrected chi connectivity index (χ0v) is 16.1. The average molecular weight is 386 g/mol. The van der Waals surface area contributed by atoms with Crippen LogP contribution in [-0.4, -0.2) is 25.5 Å². The summed E-state index contributed by atoms with van der Waals surface area (Å²) in [5, 5.41) is 5.16. The van der Waals surface area contributed by atoms with Gasteiger partial charge in [0.05, 0.1) is 16.6 Å². The molecule has 0 fully saturated rings. The second-order valence-electron chi connectivity index (χ2n) is 6.88. The summed E-state index contributed by atoms with van der Waals surface area (Å²) in [6.45, 7) is 3.28. The molecule has 0 bridgehead atoms. The molecule has 27 heavy (non-hydrogen) atoms. The molecule has 7 heteroatoms. The Morgan fingerprint density at radius 1 is 1.11 bits per heavy atom. The Bertz CT molecular complexity index is 980. The number of carbonyl (C=O) groups is 2. The van der Waals surface area contributed by atoms with E-state index in [1.807, 2.05) is 6.07 Å². The molecule has 6 nitrogen and oxygen atoms in total. The van der Waals surface area contributed by atoms with E-state index in [0.717, 1.165) is 16.8 Å². The number of anilines is 2. The van der Waals surface area contributed by atoms with Crippen LogP contribution in [0.5, 0.6) is 0 Å². The lowest BCUT2D eigenvalue weighted by atomic mass is 10.0. The van der Waals surface area contributed by atoms with E-state index in [9.17, 15) is 18.0 Å². The lowest BCUT2D eigenvalue weighted by molar-refractivity contribution is -0.117. The topological polar surface area (TPSA) is 92.3 Å². The molecule has 3 rings (SSSR count). The maximum Gasteiger partial charge on any atom is 0.228 e. The fourth-order valence-electron chi connectivity index (χ4n) is 2.92. The number of benzene rings is 2. The van der Waals surface area contributed by atoms with Crippen molar-refractivity contribution >= 4 is 33.0 Å². The Morgan fingerprint density at radius 2 is 1.81 bits per heavy atom. The van der Waals surface area contributed by atoms with E-state index < -0.39 is 15.1 Å². The highest BCUT2D eigenvalue weighted by Crippen LogP contribution is 2.25. The van der Waals surface area contributed by atoms with Crippen molar-refractivity contribution in [2.45, 2.75) is 43.3 Å². The maximum absolute atomic E-state index is 12.3. The Balaban J connectivity index is 1.65. The van der Waals surface area contributed by atoms with Gasteiger partial charge in [-0.15, -0.1) is 0 Å². The van der Waals surface area contributed by atoms with Gasteiger partial charge in [-0.05, 0) is 61.7 Å². The van der Waals surface area contributed by atoms with Gasteiger partial charge in [0, 0.05) is 17.8 Å². The van der Waals surface area contributed by atoms with Crippen molar-refractivity contribution in [2.75, 3.05) is 10.6 Å². The van der Waals surface area contributed by atoms with Crippen molar-refractivity contribution in [3.63, 3.8) is 0 Å².